The molecule has 1 heterocycles. The van der Waals surface area contributed by atoms with Crippen LogP contribution in [0.1, 0.15) is 40.5 Å². The smallest absolute Gasteiger partial charge is 0.410 e. The zero-order valence-electron chi connectivity index (χ0n) is 12.8. The maximum Gasteiger partial charge on any atom is 0.410 e. The van der Waals surface area contributed by atoms with Gasteiger partial charge in [0.1, 0.15) is 11.6 Å². The van der Waals surface area contributed by atoms with Gasteiger partial charge in [-0.2, -0.15) is 0 Å². The molecule has 2 N–H and O–H groups in total. The van der Waals surface area contributed by atoms with Crippen molar-refractivity contribution in [2.75, 3.05) is 19.6 Å². The minimum atomic E-state index is -0.841. The fourth-order valence-electron chi connectivity index (χ4n) is 2.15. The molecule has 1 fully saturated rings. The van der Waals surface area contributed by atoms with Crippen molar-refractivity contribution in [3.63, 3.8) is 0 Å². The van der Waals surface area contributed by atoms with Crippen molar-refractivity contribution in [1.82, 2.24) is 10.2 Å². The lowest BCUT2D eigenvalue weighted by Gasteiger charge is -2.24. The first kappa shape index (κ1) is 16.8. The van der Waals surface area contributed by atoms with E-state index in [1.54, 1.807) is 11.8 Å². The van der Waals surface area contributed by atoms with Gasteiger partial charge < -0.3 is 20.1 Å². The number of amides is 1. The highest BCUT2D eigenvalue weighted by Crippen LogP contribution is 2.21. The van der Waals surface area contributed by atoms with Crippen molar-refractivity contribution >= 4 is 12.1 Å². The maximum atomic E-state index is 11.9. The lowest BCUT2D eigenvalue weighted by Crippen LogP contribution is -2.36. The normalized spacial score (nSPS) is 20.8. The number of rotatable bonds is 5. The summed E-state index contributed by atoms with van der Waals surface area (Å²) in [6.45, 7) is 9.26. The quantitative estimate of drug-likeness (QED) is 0.804. The summed E-state index contributed by atoms with van der Waals surface area (Å²) in [7, 11) is 0. The highest BCUT2D eigenvalue weighted by molar-refractivity contribution is 5.72. The van der Waals surface area contributed by atoms with Crippen LogP contribution in [0, 0.1) is 5.92 Å². The molecule has 6 heteroatoms. The molecule has 2 atom stereocenters. The van der Waals surface area contributed by atoms with Crippen molar-refractivity contribution in [3.05, 3.63) is 0 Å². The topological polar surface area (TPSA) is 78.9 Å². The number of hydrogen-bond acceptors (Lipinski definition) is 4. The summed E-state index contributed by atoms with van der Waals surface area (Å²) in [5.74, 6) is -0.428. The van der Waals surface area contributed by atoms with Gasteiger partial charge in [-0.1, -0.05) is 0 Å². The lowest BCUT2D eigenvalue weighted by atomic mass is 10.1. The van der Waals surface area contributed by atoms with Gasteiger partial charge in [0.25, 0.3) is 0 Å². The number of carboxylic acids is 1. The van der Waals surface area contributed by atoms with Crippen LogP contribution in [-0.2, 0) is 9.53 Å². The van der Waals surface area contributed by atoms with Crippen LogP contribution in [0.3, 0.4) is 0 Å². The molecule has 0 radical (unpaired) electrons. The number of aliphatic carboxylic acids is 1. The molecule has 6 nitrogen and oxygen atoms in total. The lowest BCUT2D eigenvalue weighted by molar-refractivity contribution is -0.139. The molecule has 0 aromatic rings. The van der Waals surface area contributed by atoms with Crippen LogP contribution in [0.4, 0.5) is 4.79 Å². The van der Waals surface area contributed by atoms with E-state index in [1.165, 1.54) is 0 Å². The van der Waals surface area contributed by atoms with Crippen LogP contribution in [0.25, 0.3) is 0 Å². The van der Waals surface area contributed by atoms with Crippen LogP contribution in [0.5, 0.6) is 0 Å². The molecule has 0 saturated carbocycles. The minimum Gasteiger partial charge on any atom is -0.480 e. The summed E-state index contributed by atoms with van der Waals surface area (Å²) in [6, 6.07) is -0.529. The second-order valence-corrected chi connectivity index (χ2v) is 6.38. The van der Waals surface area contributed by atoms with Crippen LogP contribution in [-0.4, -0.2) is 53.3 Å². The Labute approximate surface area is 120 Å². The molecule has 20 heavy (non-hydrogen) atoms. The molecule has 1 saturated heterocycles. The number of likely N-dealkylation sites (tertiary alicyclic amines) is 1. The van der Waals surface area contributed by atoms with Crippen LogP contribution < -0.4 is 5.32 Å². The fraction of sp³-hybridized carbons (Fsp3) is 0.857. The molecule has 0 spiro atoms. The Morgan fingerprint density at radius 1 is 1.45 bits per heavy atom. The van der Waals surface area contributed by atoms with Crippen molar-refractivity contribution in [2.45, 2.75) is 52.2 Å². The number of carboxylic acid groups (broad SMARTS) is 1. The largest absolute Gasteiger partial charge is 0.480 e. The number of hydrogen-bond donors (Lipinski definition) is 2. The van der Waals surface area contributed by atoms with Crippen LogP contribution in [0.15, 0.2) is 0 Å². The second kappa shape index (κ2) is 6.92. The molecule has 0 bridgehead atoms. The van der Waals surface area contributed by atoms with Gasteiger partial charge in [-0.25, -0.2) is 4.79 Å². The Balaban J connectivity index is 2.26. The number of carbonyl (C=O) groups excluding carboxylic acids is 1. The van der Waals surface area contributed by atoms with Gasteiger partial charge in [-0.15, -0.1) is 0 Å². The van der Waals surface area contributed by atoms with Crippen LogP contribution >= 0.6 is 0 Å². The zero-order chi connectivity index (χ0) is 15.3. The first-order chi connectivity index (χ1) is 9.19. The Morgan fingerprint density at radius 3 is 2.65 bits per heavy atom. The molecule has 0 aliphatic carbocycles. The molecule has 1 rings (SSSR count). The summed E-state index contributed by atoms with van der Waals surface area (Å²) in [4.78, 5) is 24.3. The average Bonchev–Trinajstić information content (AvgIpc) is 2.75. The van der Waals surface area contributed by atoms with Gasteiger partial charge in [0.15, 0.2) is 0 Å². The Morgan fingerprint density at radius 2 is 2.10 bits per heavy atom. The summed E-state index contributed by atoms with van der Waals surface area (Å²) in [5, 5.41) is 11.7. The van der Waals surface area contributed by atoms with Gasteiger partial charge in [0.05, 0.1) is 0 Å². The third-order valence-electron chi connectivity index (χ3n) is 3.31. The summed E-state index contributed by atoms with van der Waals surface area (Å²) in [6.07, 6.45) is 1.56. The Hall–Kier alpha value is -1.30. The van der Waals surface area contributed by atoms with Crippen molar-refractivity contribution in [2.24, 2.45) is 5.92 Å². The van der Waals surface area contributed by atoms with Crippen molar-refractivity contribution in [3.8, 4) is 0 Å². The van der Waals surface area contributed by atoms with E-state index < -0.39 is 17.6 Å². The van der Waals surface area contributed by atoms with E-state index in [9.17, 15) is 9.59 Å². The minimum absolute atomic E-state index is 0.258. The van der Waals surface area contributed by atoms with E-state index in [4.69, 9.17) is 9.84 Å². The second-order valence-electron chi connectivity index (χ2n) is 6.38. The van der Waals surface area contributed by atoms with E-state index in [1.807, 2.05) is 20.8 Å². The van der Waals surface area contributed by atoms with Crippen molar-refractivity contribution < 1.29 is 19.4 Å². The Bertz CT molecular complexity index is 352. The molecular weight excluding hydrogens is 260 g/mol. The SMILES string of the molecule is CC(NCCC1CCN(C(=O)OC(C)(C)C)C1)C(=O)O. The summed E-state index contributed by atoms with van der Waals surface area (Å²) < 4.78 is 5.34. The molecule has 0 aromatic heterocycles. The maximum absolute atomic E-state index is 11.9. The van der Waals surface area contributed by atoms with E-state index in [0.29, 0.717) is 25.6 Å². The van der Waals surface area contributed by atoms with Gasteiger partial charge in [-0.3, -0.25) is 4.79 Å². The molecule has 0 aromatic carbocycles. The van der Waals surface area contributed by atoms with E-state index >= 15 is 0 Å². The standard InChI is InChI=1S/C14H26N2O4/c1-10(12(17)18)15-7-5-11-6-8-16(9-11)13(19)20-14(2,3)4/h10-11,15H,5-9H2,1-4H3,(H,17,18). The van der Waals surface area contributed by atoms with Gasteiger partial charge >= 0.3 is 12.1 Å². The predicted molar refractivity (Wildman–Crippen MR) is 75.6 cm³/mol. The molecular formula is C14H26N2O4. The first-order valence-electron chi connectivity index (χ1n) is 7.13. The average molecular weight is 286 g/mol. The first-order valence-corrected chi connectivity index (χ1v) is 7.13. The van der Waals surface area contributed by atoms with E-state index in [2.05, 4.69) is 5.32 Å². The third kappa shape index (κ3) is 5.77. The molecule has 1 amide bonds. The van der Waals surface area contributed by atoms with Gasteiger partial charge in [0, 0.05) is 13.1 Å². The van der Waals surface area contributed by atoms with Crippen molar-refractivity contribution in [1.29, 1.82) is 0 Å². The molecule has 1 aliphatic heterocycles. The zero-order valence-corrected chi connectivity index (χ0v) is 12.8. The van der Waals surface area contributed by atoms with Gasteiger partial charge in [-0.05, 0) is 53.0 Å². The van der Waals surface area contributed by atoms with E-state index in [0.717, 1.165) is 12.8 Å². The summed E-state index contributed by atoms with van der Waals surface area (Å²) >= 11 is 0. The number of carbonyl (C=O) groups is 2. The predicted octanol–water partition coefficient (Wildman–Crippen LogP) is 1.70. The monoisotopic (exact) mass is 286 g/mol. The van der Waals surface area contributed by atoms with E-state index in [-0.39, 0.29) is 6.09 Å². The highest BCUT2D eigenvalue weighted by atomic mass is 16.6. The fourth-order valence-corrected chi connectivity index (χ4v) is 2.15. The Kier molecular flexibility index (Phi) is 5.80. The van der Waals surface area contributed by atoms with Gasteiger partial charge in [0.2, 0.25) is 0 Å². The number of nitrogens with one attached hydrogen (secondary N) is 1. The summed E-state index contributed by atoms with van der Waals surface area (Å²) in [5.41, 5.74) is -0.465. The number of ether oxygens (including phenoxy) is 1. The third-order valence-corrected chi connectivity index (χ3v) is 3.31. The molecule has 1 aliphatic rings. The van der Waals surface area contributed by atoms with Crippen LogP contribution in [0.2, 0.25) is 0 Å². The molecule has 2 unspecified atom stereocenters. The number of nitrogens with zero attached hydrogens (tertiary/aromatic N) is 1. The molecule has 116 valence electrons. The highest BCUT2D eigenvalue weighted by Gasteiger charge is 2.29.